The van der Waals surface area contributed by atoms with E-state index in [4.69, 9.17) is 4.74 Å². The molecule has 100 valence electrons. The van der Waals surface area contributed by atoms with Crippen LogP contribution in [0.15, 0.2) is 54.9 Å². The Morgan fingerprint density at radius 2 is 1.80 bits per heavy atom. The summed E-state index contributed by atoms with van der Waals surface area (Å²) in [7, 11) is 1.56. The number of hydrogen-bond acceptors (Lipinski definition) is 4. The zero-order valence-electron chi connectivity index (χ0n) is 11.0. The number of rotatable bonds is 3. The Morgan fingerprint density at radius 3 is 2.55 bits per heavy atom. The van der Waals surface area contributed by atoms with Crippen molar-refractivity contribution in [1.29, 1.82) is 0 Å². The van der Waals surface area contributed by atoms with Crippen molar-refractivity contribution in [2.45, 2.75) is 6.10 Å². The fourth-order valence-corrected chi connectivity index (χ4v) is 2.10. The van der Waals surface area contributed by atoms with Gasteiger partial charge in [0.15, 0.2) is 0 Å². The second-order valence-electron chi connectivity index (χ2n) is 4.50. The number of aliphatic hydroxyl groups excluding tert-OH is 1. The van der Waals surface area contributed by atoms with Gasteiger partial charge in [0.25, 0.3) is 0 Å². The normalized spacial score (nSPS) is 12.3. The highest BCUT2D eigenvalue weighted by atomic mass is 16.5. The molecule has 3 aromatic rings. The Hall–Kier alpha value is -2.46. The molecule has 0 radical (unpaired) electrons. The predicted molar refractivity (Wildman–Crippen MR) is 76.6 cm³/mol. The summed E-state index contributed by atoms with van der Waals surface area (Å²) in [5, 5.41) is 11.4. The Balaban J connectivity index is 1.96. The summed E-state index contributed by atoms with van der Waals surface area (Å²) in [5.74, 6) is 0.526. The highest BCUT2D eigenvalue weighted by Gasteiger charge is 2.12. The number of benzene rings is 1. The second kappa shape index (κ2) is 5.27. The number of para-hydroxylation sites is 1. The minimum absolute atomic E-state index is 0.526. The Labute approximate surface area is 116 Å². The molecule has 1 N–H and O–H groups in total. The van der Waals surface area contributed by atoms with Gasteiger partial charge in [-0.2, -0.15) is 0 Å². The van der Waals surface area contributed by atoms with Crippen molar-refractivity contribution in [3.63, 3.8) is 0 Å². The molecule has 0 aliphatic rings. The van der Waals surface area contributed by atoms with E-state index in [1.54, 1.807) is 31.6 Å². The van der Waals surface area contributed by atoms with Gasteiger partial charge in [-0.05, 0) is 18.2 Å². The lowest BCUT2D eigenvalue weighted by atomic mass is 10.0. The van der Waals surface area contributed by atoms with Gasteiger partial charge < -0.3 is 9.84 Å². The third-order valence-electron chi connectivity index (χ3n) is 3.21. The molecule has 2 heterocycles. The summed E-state index contributed by atoms with van der Waals surface area (Å²) in [6.45, 7) is 0. The van der Waals surface area contributed by atoms with Crippen molar-refractivity contribution in [3.8, 4) is 5.88 Å². The SMILES string of the molecule is COc1ccc(C(O)c2cnc3ccccc3c2)cn1. The maximum Gasteiger partial charge on any atom is 0.212 e. The van der Waals surface area contributed by atoms with E-state index in [0.29, 0.717) is 11.4 Å². The number of ether oxygens (including phenoxy) is 1. The number of hydrogen-bond donors (Lipinski definition) is 1. The van der Waals surface area contributed by atoms with E-state index in [2.05, 4.69) is 9.97 Å². The molecule has 4 nitrogen and oxygen atoms in total. The van der Waals surface area contributed by atoms with Crippen LogP contribution in [-0.4, -0.2) is 22.2 Å². The standard InChI is InChI=1S/C16H14N2O2/c1-20-15-7-6-12(9-18-15)16(19)13-8-11-4-2-3-5-14(11)17-10-13/h2-10,16,19H,1H3. The monoisotopic (exact) mass is 266 g/mol. The summed E-state index contributed by atoms with van der Waals surface area (Å²) >= 11 is 0. The third kappa shape index (κ3) is 2.33. The summed E-state index contributed by atoms with van der Waals surface area (Å²) in [6, 6.07) is 13.3. The lowest BCUT2D eigenvalue weighted by Gasteiger charge is -2.11. The van der Waals surface area contributed by atoms with E-state index in [1.165, 1.54) is 0 Å². The fraction of sp³-hybridized carbons (Fsp3) is 0.125. The van der Waals surface area contributed by atoms with E-state index in [-0.39, 0.29) is 0 Å². The fourth-order valence-electron chi connectivity index (χ4n) is 2.10. The van der Waals surface area contributed by atoms with Crippen LogP contribution < -0.4 is 4.74 Å². The number of nitrogens with zero attached hydrogens (tertiary/aromatic N) is 2. The van der Waals surface area contributed by atoms with Crippen LogP contribution in [0.3, 0.4) is 0 Å². The Morgan fingerprint density at radius 1 is 1.00 bits per heavy atom. The van der Waals surface area contributed by atoms with Crippen molar-refractivity contribution in [2.75, 3.05) is 7.11 Å². The first kappa shape index (κ1) is 12.6. The Bertz CT molecular complexity index is 726. The van der Waals surface area contributed by atoms with Gasteiger partial charge in [0.2, 0.25) is 5.88 Å². The van der Waals surface area contributed by atoms with Crippen molar-refractivity contribution in [3.05, 3.63) is 66.0 Å². The van der Waals surface area contributed by atoms with Gasteiger partial charge in [-0.15, -0.1) is 0 Å². The van der Waals surface area contributed by atoms with Gasteiger partial charge in [-0.1, -0.05) is 18.2 Å². The largest absolute Gasteiger partial charge is 0.481 e. The van der Waals surface area contributed by atoms with Crippen molar-refractivity contribution in [2.24, 2.45) is 0 Å². The number of methoxy groups -OCH3 is 1. The van der Waals surface area contributed by atoms with E-state index in [0.717, 1.165) is 16.5 Å². The molecule has 4 heteroatoms. The van der Waals surface area contributed by atoms with Crippen molar-refractivity contribution >= 4 is 10.9 Å². The van der Waals surface area contributed by atoms with E-state index in [9.17, 15) is 5.11 Å². The molecule has 0 aliphatic carbocycles. The van der Waals surface area contributed by atoms with Crippen LogP contribution in [0.1, 0.15) is 17.2 Å². The zero-order valence-corrected chi connectivity index (χ0v) is 11.0. The van der Waals surface area contributed by atoms with Crippen LogP contribution in [0.5, 0.6) is 5.88 Å². The van der Waals surface area contributed by atoms with Crippen LogP contribution >= 0.6 is 0 Å². The zero-order chi connectivity index (χ0) is 13.9. The van der Waals surface area contributed by atoms with Gasteiger partial charge in [0.05, 0.1) is 12.6 Å². The molecule has 20 heavy (non-hydrogen) atoms. The quantitative estimate of drug-likeness (QED) is 0.792. The first-order valence-electron chi connectivity index (χ1n) is 6.30. The predicted octanol–water partition coefficient (Wildman–Crippen LogP) is 2.72. The lowest BCUT2D eigenvalue weighted by Crippen LogP contribution is -2.01. The minimum atomic E-state index is -0.745. The molecule has 0 saturated heterocycles. The second-order valence-corrected chi connectivity index (χ2v) is 4.50. The van der Waals surface area contributed by atoms with Gasteiger partial charge in [-0.3, -0.25) is 4.98 Å². The summed E-state index contributed by atoms with van der Waals surface area (Å²) < 4.78 is 5.01. The van der Waals surface area contributed by atoms with Gasteiger partial charge in [-0.25, -0.2) is 4.98 Å². The number of pyridine rings is 2. The van der Waals surface area contributed by atoms with Crippen molar-refractivity contribution in [1.82, 2.24) is 9.97 Å². The highest BCUT2D eigenvalue weighted by Crippen LogP contribution is 2.24. The van der Waals surface area contributed by atoms with Gasteiger partial charge in [0, 0.05) is 35.0 Å². The molecular weight excluding hydrogens is 252 g/mol. The van der Waals surface area contributed by atoms with Crippen LogP contribution in [0, 0.1) is 0 Å². The van der Waals surface area contributed by atoms with E-state index in [1.807, 2.05) is 30.3 Å². The molecule has 0 aliphatic heterocycles. The molecule has 0 fully saturated rings. The molecule has 2 aromatic heterocycles. The topological polar surface area (TPSA) is 55.2 Å². The Kier molecular flexibility index (Phi) is 3.31. The average Bonchev–Trinajstić information content (AvgIpc) is 2.54. The summed E-state index contributed by atoms with van der Waals surface area (Å²) in [4.78, 5) is 8.46. The third-order valence-corrected chi connectivity index (χ3v) is 3.21. The van der Waals surface area contributed by atoms with Crippen molar-refractivity contribution < 1.29 is 9.84 Å². The van der Waals surface area contributed by atoms with Gasteiger partial charge in [0.1, 0.15) is 6.10 Å². The first-order valence-corrected chi connectivity index (χ1v) is 6.30. The van der Waals surface area contributed by atoms with Crippen LogP contribution in [0.25, 0.3) is 10.9 Å². The minimum Gasteiger partial charge on any atom is -0.481 e. The molecular formula is C16H14N2O2. The highest BCUT2D eigenvalue weighted by molar-refractivity contribution is 5.78. The summed E-state index contributed by atoms with van der Waals surface area (Å²) in [6.07, 6.45) is 2.56. The van der Waals surface area contributed by atoms with Crippen LogP contribution in [0.2, 0.25) is 0 Å². The molecule has 0 saturated carbocycles. The van der Waals surface area contributed by atoms with Crippen LogP contribution in [-0.2, 0) is 0 Å². The maximum atomic E-state index is 10.4. The average molecular weight is 266 g/mol. The van der Waals surface area contributed by atoms with Crippen LogP contribution in [0.4, 0.5) is 0 Å². The van der Waals surface area contributed by atoms with E-state index >= 15 is 0 Å². The molecule has 1 atom stereocenters. The lowest BCUT2D eigenvalue weighted by molar-refractivity contribution is 0.219. The number of aliphatic hydroxyl groups is 1. The van der Waals surface area contributed by atoms with E-state index < -0.39 is 6.10 Å². The molecule has 3 rings (SSSR count). The van der Waals surface area contributed by atoms with Gasteiger partial charge >= 0.3 is 0 Å². The molecule has 0 bridgehead atoms. The molecule has 1 unspecified atom stereocenters. The number of fused-ring (bicyclic) bond motifs is 1. The smallest absolute Gasteiger partial charge is 0.212 e. The summed E-state index contributed by atoms with van der Waals surface area (Å²) in [5.41, 5.74) is 2.37. The molecule has 1 aromatic carbocycles. The first-order chi connectivity index (χ1) is 9.78. The molecule has 0 spiro atoms. The maximum absolute atomic E-state index is 10.4. The molecule has 0 amide bonds. The number of aromatic nitrogens is 2.